The van der Waals surface area contributed by atoms with Gasteiger partial charge in [0.05, 0.1) is 12.4 Å². The average Bonchev–Trinajstić information content (AvgIpc) is 2.36. The number of aromatic nitrogens is 4. The third-order valence-electron chi connectivity index (χ3n) is 1.18. The van der Waals surface area contributed by atoms with E-state index in [0.29, 0.717) is 0 Å². The lowest BCUT2D eigenvalue weighted by Crippen LogP contribution is -1.85. The van der Waals surface area contributed by atoms with Gasteiger partial charge in [-0.05, 0) is 15.9 Å². The van der Waals surface area contributed by atoms with E-state index in [2.05, 4.69) is 31.1 Å². The van der Waals surface area contributed by atoms with Gasteiger partial charge in [-0.2, -0.15) is 0 Å². The minimum atomic E-state index is 0.745. The normalized spacial score (nSPS) is 10.5. The molecule has 0 atom stereocenters. The van der Waals surface area contributed by atoms with Crippen molar-refractivity contribution >= 4 is 21.6 Å². The molecule has 0 saturated heterocycles. The SMILES string of the molecule is Brc1cncc2nncn12. The van der Waals surface area contributed by atoms with E-state index < -0.39 is 0 Å². The number of hydrogen-bond acceptors (Lipinski definition) is 3. The summed E-state index contributed by atoms with van der Waals surface area (Å²) in [6.45, 7) is 0. The molecule has 0 fully saturated rings. The Bertz CT molecular complexity index is 355. The molecular formula is C5H3BrN4. The fourth-order valence-corrected chi connectivity index (χ4v) is 1.12. The Kier molecular flexibility index (Phi) is 1.17. The van der Waals surface area contributed by atoms with Crippen molar-refractivity contribution in [1.29, 1.82) is 0 Å². The van der Waals surface area contributed by atoms with Crippen LogP contribution < -0.4 is 0 Å². The van der Waals surface area contributed by atoms with Crippen LogP contribution in [0.5, 0.6) is 0 Å². The first-order chi connectivity index (χ1) is 4.88. The van der Waals surface area contributed by atoms with Gasteiger partial charge in [0.2, 0.25) is 0 Å². The van der Waals surface area contributed by atoms with Gasteiger partial charge in [0.15, 0.2) is 5.65 Å². The average molecular weight is 199 g/mol. The quantitative estimate of drug-likeness (QED) is 0.632. The van der Waals surface area contributed by atoms with E-state index >= 15 is 0 Å². The van der Waals surface area contributed by atoms with Crippen LogP contribution in [-0.2, 0) is 0 Å². The minimum absolute atomic E-state index is 0.745. The Labute approximate surface area is 65.0 Å². The van der Waals surface area contributed by atoms with E-state index in [-0.39, 0.29) is 0 Å². The molecule has 0 amide bonds. The van der Waals surface area contributed by atoms with E-state index in [1.54, 1.807) is 23.1 Å². The van der Waals surface area contributed by atoms with Gasteiger partial charge >= 0.3 is 0 Å². The minimum Gasteiger partial charge on any atom is -0.273 e. The Morgan fingerprint density at radius 2 is 2.30 bits per heavy atom. The van der Waals surface area contributed by atoms with E-state index in [4.69, 9.17) is 0 Å². The van der Waals surface area contributed by atoms with Crippen LogP contribution in [0.15, 0.2) is 23.3 Å². The first kappa shape index (κ1) is 5.79. The smallest absolute Gasteiger partial charge is 0.179 e. The van der Waals surface area contributed by atoms with Gasteiger partial charge in [0.1, 0.15) is 10.9 Å². The largest absolute Gasteiger partial charge is 0.273 e. The zero-order chi connectivity index (χ0) is 6.97. The van der Waals surface area contributed by atoms with E-state index in [9.17, 15) is 0 Å². The molecule has 0 saturated carbocycles. The van der Waals surface area contributed by atoms with Crippen molar-refractivity contribution in [1.82, 2.24) is 19.6 Å². The Balaban J connectivity index is 2.95. The second-order valence-corrected chi connectivity index (χ2v) is 2.60. The lowest BCUT2D eigenvalue weighted by Gasteiger charge is -1.91. The summed E-state index contributed by atoms with van der Waals surface area (Å²) in [4.78, 5) is 3.91. The van der Waals surface area contributed by atoms with Crippen molar-refractivity contribution < 1.29 is 0 Å². The molecule has 0 unspecified atom stereocenters. The number of fused-ring (bicyclic) bond motifs is 1. The highest BCUT2D eigenvalue weighted by molar-refractivity contribution is 9.10. The lowest BCUT2D eigenvalue weighted by atomic mass is 10.7. The van der Waals surface area contributed by atoms with Crippen molar-refractivity contribution in [3.05, 3.63) is 23.3 Å². The highest BCUT2D eigenvalue weighted by Gasteiger charge is 1.96. The highest BCUT2D eigenvalue weighted by atomic mass is 79.9. The molecule has 50 valence electrons. The second kappa shape index (κ2) is 2.02. The number of rotatable bonds is 0. The summed E-state index contributed by atoms with van der Waals surface area (Å²) < 4.78 is 2.66. The maximum Gasteiger partial charge on any atom is 0.179 e. The molecule has 5 heteroatoms. The molecule has 0 aromatic carbocycles. The van der Waals surface area contributed by atoms with Crippen LogP contribution in [0.25, 0.3) is 5.65 Å². The molecule has 0 spiro atoms. The molecule has 4 nitrogen and oxygen atoms in total. The van der Waals surface area contributed by atoms with Gasteiger partial charge < -0.3 is 0 Å². The first-order valence-electron chi connectivity index (χ1n) is 2.67. The van der Waals surface area contributed by atoms with Crippen LogP contribution in [0.1, 0.15) is 0 Å². The molecule has 0 aliphatic rings. The predicted molar refractivity (Wildman–Crippen MR) is 38.5 cm³/mol. The molecule has 2 aromatic rings. The maximum atomic E-state index is 3.91. The molecule has 0 aliphatic heterocycles. The van der Waals surface area contributed by atoms with Gasteiger partial charge in [-0.3, -0.25) is 9.38 Å². The van der Waals surface area contributed by atoms with E-state index in [0.717, 1.165) is 10.3 Å². The van der Waals surface area contributed by atoms with Crippen LogP contribution in [0.2, 0.25) is 0 Å². The fraction of sp³-hybridized carbons (Fsp3) is 0. The lowest BCUT2D eigenvalue weighted by molar-refractivity contribution is 1.07. The fourth-order valence-electron chi connectivity index (χ4n) is 0.724. The third-order valence-corrected chi connectivity index (χ3v) is 1.76. The third kappa shape index (κ3) is 0.706. The van der Waals surface area contributed by atoms with Crippen molar-refractivity contribution in [3.8, 4) is 0 Å². The Hall–Kier alpha value is -0.970. The van der Waals surface area contributed by atoms with Crippen LogP contribution in [0.4, 0.5) is 0 Å². The molecule has 2 aromatic heterocycles. The topological polar surface area (TPSA) is 43.1 Å². The number of halogens is 1. The zero-order valence-corrected chi connectivity index (χ0v) is 6.48. The Morgan fingerprint density at radius 1 is 1.40 bits per heavy atom. The van der Waals surface area contributed by atoms with Gasteiger partial charge in [-0.25, -0.2) is 0 Å². The summed E-state index contributed by atoms with van der Waals surface area (Å²) in [5, 5.41) is 7.51. The van der Waals surface area contributed by atoms with Gasteiger partial charge in [0.25, 0.3) is 0 Å². The van der Waals surface area contributed by atoms with Crippen molar-refractivity contribution in [2.45, 2.75) is 0 Å². The predicted octanol–water partition coefficient (Wildman–Crippen LogP) is 0.887. The molecule has 0 bridgehead atoms. The van der Waals surface area contributed by atoms with Crippen LogP contribution >= 0.6 is 15.9 Å². The van der Waals surface area contributed by atoms with Crippen LogP contribution in [0, 0.1) is 0 Å². The molecule has 0 aliphatic carbocycles. The molecule has 10 heavy (non-hydrogen) atoms. The van der Waals surface area contributed by atoms with E-state index in [1.165, 1.54) is 0 Å². The molecule has 2 heterocycles. The van der Waals surface area contributed by atoms with Crippen molar-refractivity contribution in [3.63, 3.8) is 0 Å². The second-order valence-electron chi connectivity index (χ2n) is 1.79. The summed E-state index contributed by atoms with van der Waals surface area (Å²) in [5.41, 5.74) is 0.745. The van der Waals surface area contributed by atoms with Gasteiger partial charge in [0, 0.05) is 0 Å². The zero-order valence-electron chi connectivity index (χ0n) is 4.90. The first-order valence-corrected chi connectivity index (χ1v) is 3.46. The molecular weight excluding hydrogens is 196 g/mol. The van der Waals surface area contributed by atoms with Crippen molar-refractivity contribution in [2.75, 3.05) is 0 Å². The summed E-state index contributed by atoms with van der Waals surface area (Å²) in [6.07, 6.45) is 4.97. The van der Waals surface area contributed by atoms with Gasteiger partial charge in [-0.1, -0.05) is 0 Å². The molecule has 0 radical (unpaired) electrons. The van der Waals surface area contributed by atoms with Gasteiger partial charge in [-0.15, -0.1) is 10.2 Å². The van der Waals surface area contributed by atoms with Crippen molar-refractivity contribution in [2.24, 2.45) is 0 Å². The molecule has 0 N–H and O–H groups in total. The summed E-state index contributed by atoms with van der Waals surface area (Å²) in [7, 11) is 0. The van der Waals surface area contributed by atoms with Crippen LogP contribution in [0.3, 0.4) is 0 Å². The number of hydrogen-bond donors (Lipinski definition) is 0. The van der Waals surface area contributed by atoms with E-state index in [1.807, 2.05) is 0 Å². The monoisotopic (exact) mass is 198 g/mol. The summed E-state index contributed by atoms with van der Waals surface area (Å²) in [6, 6.07) is 0. The summed E-state index contributed by atoms with van der Waals surface area (Å²) >= 11 is 3.30. The standard InChI is InChI=1S/C5H3BrN4/c6-4-1-7-2-5-9-8-3-10(4)5/h1-3H. The Morgan fingerprint density at radius 3 is 3.10 bits per heavy atom. The summed E-state index contributed by atoms with van der Waals surface area (Å²) in [5.74, 6) is 0. The maximum absolute atomic E-state index is 3.91. The molecule has 2 rings (SSSR count). The number of nitrogens with zero attached hydrogens (tertiary/aromatic N) is 4. The van der Waals surface area contributed by atoms with Crippen LogP contribution in [-0.4, -0.2) is 19.6 Å². The highest BCUT2D eigenvalue weighted by Crippen LogP contribution is 2.07.